The van der Waals surface area contributed by atoms with Gasteiger partial charge in [-0.1, -0.05) is 0 Å². The third-order valence-corrected chi connectivity index (χ3v) is 3.61. The van der Waals surface area contributed by atoms with Gasteiger partial charge in [0.1, 0.15) is 5.82 Å². The molecule has 0 aliphatic heterocycles. The summed E-state index contributed by atoms with van der Waals surface area (Å²) in [6, 6.07) is 3.94. The number of aliphatic hydroxyl groups is 1. The van der Waals surface area contributed by atoms with Crippen LogP contribution in [0.25, 0.3) is 0 Å². The molecule has 19 heavy (non-hydrogen) atoms. The van der Waals surface area contributed by atoms with Crippen LogP contribution in [0.5, 0.6) is 0 Å². The van der Waals surface area contributed by atoms with Crippen molar-refractivity contribution < 1.29 is 9.50 Å². The molecule has 0 bridgehead atoms. The fraction of sp³-hybridized carbons (Fsp3) is 0.643. The van der Waals surface area contributed by atoms with Crippen LogP contribution in [-0.2, 0) is 0 Å². The first kappa shape index (κ1) is 14.4. The summed E-state index contributed by atoms with van der Waals surface area (Å²) in [5.41, 5.74) is 0.864. The van der Waals surface area contributed by atoms with E-state index >= 15 is 0 Å². The monoisotopic (exact) mass is 267 g/mol. The van der Waals surface area contributed by atoms with Crippen LogP contribution in [0.1, 0.15) is 31.0 Å². The average molecular weight is 267 g/mol. The lowest BCUT2D eigenvalue weighted by Gasteiger charge is -2.24. The predicted octanol–water partition coefficient (Wildman–Crippen LogP) is 1.33. The Morgan fingerprint density at radius 2 is 2.26 bits per heavy atom. The highest BCUT2D eigenvalue weighted by atomic mass is 19.1. The molecule has 2 rings (SSSR count). The summed E-state index contributed by atoms with van der Waals surface area (Å²) in [7, 11) is 1.89. The summed E-state index contributed by atoms with van der Waals surface area (Å²) in [4.78, 5) is 6.46. The smallest absolute Gasteiger partial charge is 0.141 e. The molecule has 1 saturated carbocycles. The number of hydrogen-bond acceptors (Lipinski definition) is 4. The molecule has 1 aliphatic carbocycles. The van der Waals surface area contributed by atoms with E-state index < -0.39 is 0 Å². The van der Waals surface area contributed by atoms with Crippen LogP contribution in [0.2, 0.25) is 0 Å². The zero-order valence-corrected chi connectivity index (χ0v) is 11.3. The Morgan fingerprint density at radius 1 is 1.47 bits per heavy atom. The summed E-state index contributed by atoms with van der Waals surface area (Å²) in [5.74, 6) is -0.307. The maximum atomic E-state index is 12.9. The predicted molar refractivity (Wildman–Crippen MR) is 72.3 cm³/mol. The van der Waals surface area contributed by atoms with E-state index in [-0.39, 0.29) is 18.5 Å². The zero-order chi connectivity index (χ0) is 13.7. The van der Waals surface area contributed by atoms with Crippen LogP contribution in [0.3, 0.4) is 0 Å². The van der Waals surface area contributed by atoms with Gasteiger partial charge in [0, 0.05) is 19.1 Å². The summed E-state index contributed by atoms with van der Waals surface area (Å²) < 4.78 is 12.9. The van der Waals surface area contributed by atoms with E-state index in [4.69, 9.17) is 5.11 Å². The molecule has 1 fully saturated rings. The van der Waals surface area contributed by atoms with Gasteiger partial charge < -0.3 is 10.4 Å². The van der Waals surface area contributed by atoms with Crippen LogP contribution >= 0.6 is 0 Å². The molecular formula is C14H22FN3O. The van der Waals surface area contributed by atoms with Gasteiger partial charge >= 0.3 is 0 Å². The Labute approximate surface area is 113 Å². The van der Waals surface area contributed by atoms with E-state index in [1.54, 1.807) is 6.07 Å². The molecule has 1 heterocycles. The number of aromatic nitrogens is 1. The molecule has 1 aliphatic rings. The van der Waals surface area contributed by atoms with E-state index in [9.17, 15) is 4.39 Å². The number of halogens is 1. The number of rotatable bonds is 8. The normalized spacial score (nSPS) is 16.8. The molecule has 106 valence electrons. The van der Waals surface area contributed by atoms with E-state index in [1.165, 1.54) is 25.1 Å². The lowest BCUT2D eigenvalue weighted by molar-refractivity contribution is 0.183. The zero-order valence-electron chi connectivity index (χ0n) is 11.3. The van der Waals surface area contributed by atoms with E-state index in [0.29, 0.717) is 6.04 Å². The Balaban J connectivity index is 1.89. The van der Waals surface area contributed by atoms with Crippen LogP contribution in [-0.4, -0.2) is 47.8 Å². The van der Waals surface area contributed by atoms with Crippen molar-refractivity contribution in [3.63, 3.8) is 0 Å². The molecule has 1 unspecified atom stereocenters. The fourth-order valence-electron chi connectivity index (χ4n) is 2.37. The van der Waals surface area contributed by atoms with Crippen molar-refractivity contribution in [2.75, 3.05) is 26.7 Å². The van der Waals surface area contributed by atoms with Crippen LogP contribution in [0.4, 0.5) is 4.39 Å². The second-order valence-corrected chi connectivity index (χ2v) is 5.02. The minimum Gasteiger partial charge on any atom is -0.395 e. The first-order valence-electron chi connectivity index (χ1n) is 6.88. The van der Waals surface area contributed by atoms with Crippen molar-refractivity contribution in [1.82, 2.24) is 15.2 Å². The molecule has 0 saturated heterocycles. The van der Waals surface area contributed by atoms with Gasteiger partial charge in [0.25, 0.3) is 0 Å². The van der Waals surface area contributed by atoms with Gasteiger partial charge in [-0.25, -0.2) is 4.39 Å². The highest BCUT2D eigenvalue weighted by Gasteiger charge is 2.28. The molecule has 4 nitrogen and oxygen atoms in total. The molecule has 0 radical (unpaired) electrons. The SMILES string of the molecule is CNC(CCN(CCO)C1CC1)c1ccc(F)cn1. The Bertz CT molecular complexity index is 381. The summed E-state index contributed by atoms with van der Waals surface area (Å²) in [6.07, 6.45) is 4.63. The molecule has 0 spiro atoms. The van der Waals surface area contributed by atoms with Gasteiger partial charge in [-0.15, -0.1) is 0 Å². The van der Waals surface area contributed by atoms with E-state index in [0.717, 1.165) is 25.2 Å². The molecule has 1 aromatic rings. The van der Waals surface area contributed by atoms with E-state index in [2.05, 4.69) is 15.2 Å². The second kappa shape index (κ2) is 6.93. The Hall–Kier alpha value is -1.04. The highest BCUT2D eigenvalue weighted by Crippen LogP contribution is 2.27. The van der Waals surface area contributed by atoms with Crippen molar-refractivity contribution in [2.24, 2.45) is 0 Å². The van der Waals surface area contributed by atoms with Gasteiger partial charge in [-0.3, -0.25) is 9.88 Å². The van der Waals surface area contributed by atoms with Crippen molar-refractivity contribution in [3.8, 4) is 0 Å². The van der Waals surface area contributed by atoms with Gasteiger partial charge in [-0.05, 0) is 38.4 Å². The topological polar surface area (TPSA) is 48.4 Å². The van der Waals surface area contributed by atoms with Gasteiger partial charge in [0.15, 0.2) is 0 Å². The van der Waals surface area contributed by atoms with Crippen molar-refractivity contribution in [3.05, 3.63) is 29.8 Å². The van der Waals surface area contributed by atoms with Crippen LogP contribution in [0, 0.1) is 5.82 Å². The first-order chi connectivity index (χ1) is 9.24. The third kappa shape index (κ3) is 4.23. The number of aliphatic hydroxyl groups excluding tert-OH is 1. The van der Waals surface area contributed by atoms with Crippen molar-refractivity contribution in [1.29, 1.82) is 0 Å². The molecule has 1 atom stereocenters. The molecular weight excluding hydrogens is 245 g/mol. The minimum absolute atomic E-state index is 0.126. The van der Waals surface area contributed by atoms with Gasteiger partial charge in [0.2, 0.25) is 0 Å². The Morgan fingerprint density at radius 3 is 2.79 bits per heavy atom. The van der Waals surface area contributed by atoms with Crippen molar-refractivity contribution in [2.45, 2.75) is 31.3 Å². The summed E-state index contributed by atoms with van der Waals surface area (Å²) in [6.45, 7) is 1.86. The number of nitrogens with zero attached hydrogens (tertiary/aromatic N) is 2. The Kier molecular flexibility index (Phi) is 5.24. The number of nitrogens with one attached hydrogen (secondary N) is 1. The molecule has 2 N–H and O–H groups in total. The fourth-order valence-corrected chi connectivity index (χ4v) is 2.37. The standard InChI is InChI=1S/C14H22FN3O/c1-16-13(14-5-2-11(15)10-17-14)6-7-18(8-9-19)12-3-4-12/h2,5,10,12-13,16,19H,3-4,6-9H2,1H3. The van der Waals surface area contributed by atoms with Crippen LogP contribution < -0.4 is 5.32 Å². The highest BCUT2D eigenvalue weighted by molar-refractivity contribution is 5.09. The lowest BCUT2D eigenvalue weighted by atomic mass is 10.1. The quantitative estimate of drug-likeness (QED) is 0.746. The summed E-state index contributed by atoms with van der Waals surface area (Å²) >= 11 is 0. The van der Waals surface area contributed by atoms with Gasteiger partial charge in [0.05, 0.1) is 24.5 Å². The molecule has 5 heteroatoms. The third-order valence-electron chi connectivity index (χ3n) is 3.61. The average Bonchev–Trinajstić information content (AvgIpc) is 3.24. The second-order valence-electron chi connectivity index (χ2n) is 5.02. The first-order valence-corrected chi connectivity index (χ1v) is 6.88. The molecule has 0 amide bonds. The van der Waals surface area contributed by atoms with Crippen LogP contribution in [0.15, 0.2) is 18.3 Å². The maximum absolute atomic E-state index is 12.9. The largest absolute Gasteiger partial charge is 0.395 e. The maximum Gasteiger partial charge on any atom is 0.141 e. The minimum atomic E-state index is -0.307. The molecule has 1 aromatic heterocycles. The summed E-state index contributed by atoms with van der Waals surface area (Å²) in [5, 5.41) is 12.3. The van der Waals surface area contributed by atoms with Crippen molar-refractivity contribution >= 4 is 0 Å². The van der Waals surface area contributed by atoms with Gasteiger partial charge in [-0.2, -0.15) is 0 Å². The van der Waals surface area contributed by atoms with E-state index in [1.807, 2.05) is 7.05 Å². The lowest BCUT2D eigenvalue weighted by Crippen LogP contribution is -2.32. The number of pyridine rings is 1. The number of hydrogen-bond donors (Lipinski definition) is 2. The molecule has 0 aromatic carbocycles.